The maximum absolute atomic E-state index is 12.5. The molecule has 23 heavy (non-hydrogen) atoms. The number of sulfonamides is 1. The Bertz CT molecular complexity index is 936. The summed E-state index contributed by atoms with van der Waals surface area (Å²) in [7, 11) is -3.75. The summed E-state index contributed by atoms with van der Waals surface area (Å²) in [6.07, 6.45) is 1.49. The second kappa shape index (κ2) is 5.94. The smallest absolute Gasteiger partial charge is 0.263 e. The molecule has 0 atom stereocenters. The SMILES string of the molecule is Nc1ccc(S(=O)(=O)Nc2ccnn2-c2ccccc2Cl)cc1. The summed E-state index contributed by atoms with van der Waals surface area (Å²) >= 11 is 6.14. The van der Waals surface area contributed by atoms with Gasteiger partial charge in [-0.05, 0) is 36.4 Å². The number of nitrogens with zero attached hydrogens (tertiary/aromatic N) is 2. The van der Waals surface area contributed by atoms with E-state index < -0.39 is 10.0 Å². The van der Waals surface area contributed by atoms with Gasteiger partial charge >= 0.3 is 0 Å². The van der Waals surface area contributed by atoms with E-state index in [0.717, 1.165) is 0 Å². The average Bonchev–Trinajstić information content (AvgIpc) is 2.95. The van der Waals surface area contributed by atoms with E-state index in [4.69, 9.17) is 17.3 Å². The number of nitrogens with one attached hydrogen (secondary N) is 1. The van der Waals surface area contributed by atoms with E-state index >= 15 is 0 Å². The number of nitrogen functional groups attached to an aromatic ring is 1. The van der Waals surface area contributed by atoms with E-state index in [-0.39, 0.29) is 10.7 Å². The second-order valence-electron chi connectivity index (χ2n) is 4.75. The molecule has 6 nitrogen and oxygen atoms in total. The van der Waals surface area contributed by atoms with Gasteiger partial charge in [0.15, 0.2) is 0 Å². The summed E-state index contributed by atoms with van der Waals surface area (Å²) in [5.74, 6) is 0.287. The van der Waals surface area contributed by atoms with E-state index in [0.29, 0.717) is 16.4 Å². The van der Waals surface area contributed by atoms with Crippen molar-refractivity contribution in [3.63, 3.8) is 0 Å². The van der Waals surface area contributed by atoms with Gasteiger partial charge in [0.1, 0.15) is 5.82 Å². The molecule has 1 heterocycles. The molecule has 0 aliphatic rings. The minimum Gasteiger partial charge on any atom is -0.399 e. The van der Waals surface area contributed by atoms with Crippen molar-refractivity contribution in [2.24, 2.45) is 0 Å². The van der Waals surface area contributed by atoms with Gasteiger partial charge in [-0.15, -0.1) is 0 Å². The molecule has 8 heteroatoms. The lowest BCUT2D eigenvalue weighted by atomic mass is 10.3. The molecule has 0 spiro atoms. The Labute approximate surface area is 138 Å². The molecule has 0 amide bonds. The monoisotopic (exact) mass is 348 g/mol. The van der Waals surface area contributed by atoms with Gasteiger partial charge in [0, 0.05) is 11.8 Å². The van der Waals surface area contributed by atoms with Crippen molar-refractivity contribution in [2.75, 3.05) is 10.5 Å². The number of rotatable bonds is 4. The van der Waals surface area contributed by atoms with Crippen molar-refractivity contribution in [3.05, 3.63) is 65.8 Å². The van der Waals surface area contributed by atoms with Gasteiger partial charge in [-0.1, -0.05) is 23.7 Å². The van der Waals surface area contributed by atoms with E-state index in [1.165, 1.54) is 35.1 Å². The number of aromatic nitrogens is 2. The third-order valence-electron chi connectivity index (χ3n) is 3.15. The summed E-state index contributed by atoms with van der Waals surface area (Å²) in [5, 5.41) is 4.59. The van der Waals surface area contributed by atoms with E-state index in [9.17, 15) is 8.42 Å². The Hall–Kier alpha value is -2.51. The van der Waals surface area contributed by atoms with Gasteiger partial charge in [-0.25, -0.2) is 13.1 Å². The summed E-state index contributed by atoms with van der Waals surface area (Å²) in [4.78, 5) is 0.110. The van der Waals surface area contributed by atoms with Crippen molar-refractivity contribution in [3.8, 4) is 5.69 Å². The topological polar surface area (TPSA) is 90.0 Å². The van der Waals surface area contributed by atoms with Crippen LogP contribution in [0.1, 0.15) is 0 Å². The number of hydrogen-bond donors (Lipinski definition) is 2. The Kier molecular flexibility index (Phi) is 3.97. The van der Waals surface area contributed by atoms with Crippen LogP contribution in [-0.2, 0) is 10.0 Å². The van der Waals surface area contributed by atoms with Gasteiger partial charge in [0.2, 0.25) is 0 Å². The molecule has 0 aliphatic heterocycles. The molecule has 118 valence electrons. The van der Waals surface area contributed by atoms with Crippen LogP contribution in [0.2, 0.25) is 5.02 Å². The maximum atomic E-state index is 12.5. The van der Waals surface area contributed by atoms with Gasteiger partial charge in [0.25, 0.3) is 10.0 Å². The van der Waals surface area contributed by atoms with Gasteiger partial charge in [0.05, 0.1) is 21.8 Å². The van der Waals surface area contributed by atoms with Crippen LogP contribution in [0.3, 0.4) is 0 Å². The third-order valence-corrected chi connectivity index (χ3v) is 4.84. The highest BCUT2D eigenvalue weighted by molar-refractivity contribution is 7.92. The highest BCUT2D eigenvalue weighted by Crippen LogP contribution is 2.24. The molecule has 1 aromatic heterocycles. The van der Waals surface area contributed by atoms with Crippen molar-refractivity contribution in [2.45, 2.75) is 4.90 Å². The molecule has 3 aromatic rings. The molecule has 3 rings (SSSR count). The van der Waals surface area contributed by atoms with Gasteiger partial charge in [-0.2, -0.15) is 5.10 Å². The molecule has 0 saturated heterocycles. The summed E-state index contributed by atoms with van der Waals surface area (Å²) in [5.41, 5.74) is 6.65. The quantitative estimate of drug-likeness (QED) is 0.709. The summed E-state index contributed by atoms with van der Waals surface area (Å²) in [6.45, 7) is 0. The van der Waals surface area contributed by atoms with Crippen molar-refractivity contribution in [1.82, 2.24) is 9.78 Å². The number of para-hydroxylation sites is 1. The Morgan fingerprint density at radius 1 is 1.04 bits per heavy atom. The standard InChI is InChI=1S/C15H13ClN4O2S/c16-13-3-1-2-4-14(13)20-15(9-10-18-20)19-23(21,22)12-7-5-11(17)6-8-12/h1-10,19H,17H2. The van der Waals surface area contributed by atoms with Crippen LogP contribution in [0, 0.1) is 0 Å². The summed E-state index contributed by atoms with van der Waals surface area (Å²) < 4.78 is 28.8. The van der Waals surface area contributed by atoms with E-state index in [2.05, 4.69) is 9.82 Å². The molecule has 0 unspecified atom stereocenters. The zero-order valence-corrected chi connectivity index (χ0v) is 13.4. The van der Waals surface area contributed by atoms with Crippen LogP contribution < -0.4 is 10.5 Å². The molecule has 0 bridgehead atoms. The highest BCUT2D eigenvalue weighted by Gasteiger charge is 2.17. The Balaban J connectivity index is 1.97. The largest absolute Gasteiger partial charge is 0.399 e. The van der Waals surface area contributed by atoms with E-state index in [1.807, 2.05) is 0 Å². The van der Waals surface area contributed by atoms with Crippen molar-refractivity contribution >= 4 is 33.1 Å². The predicted molar refractivity (Wildman–Crippen MR) is 90.2 cm³/mol. The molecule has 0 aliphatic carbocycles. The molecular formula is C15H13ClN4O2S. The third kappa shape index (κ3) is 3.15. The lowest BCUT2D eigenvalue weighted by molar-refractivity contribution is 0.600. The van der Waals surface area contributed by atoms with Crippen LogP contribution in [0.25, 0.3) is 5.69 Å². The minimum absolute atomic E-state index is 0.110. The van der Waals surface area contributed by atoms with Crippen molar-refractivity contribution in [1.29, 1.82) is 0 Å². The lowest BCUT2D eigenvalue weighted by Gasteiger charge is -2.11. The fourth-order valence-electron chi connectivity index (χ4n) is 2.04. The Morgan fingerprint density at radius 3 is 2.43 bits per heavy atom. The van der Waals surface area contributed by atoms with Gasteiger partial charge in [-0.3, -0.25) is 4.72 Å². The maximum Gasteiger partial charge on any atom is 0.263 e. The molecule has 3 N–H and O–H groups in total. The summed E-state index contributed by atoms with van der Waals surface area (Å²) in [6, 6.07) is 14.5. The molecule has 0 fully saturated rings. The van der Waals surface area contributed by atoms with E-state index in [1.54, 1.807) is 30.3 Å². The average molecular weight is 349 g/mol. The number of hydrogen-bond acceptors (Lipinski definition) is 4. The lowest BCUT2D eigenvalue weighted by Crippen LogP contribution is -2.16. The van der Waals surface area contributed by atoms with Crippen LogP contribution in [0.15, 0.2) is 65.7 Å². The normalized spacial score (nSPS) is 11.3. The highest BCUT2D eigenvalue weighted by atomic mass is 35.5. The molecular weight excluding hydrogens is 336 g/mol. The first kappa shape index (κ1) is 15.4. The predicted octanol–water partition coefficient (Wildman–Crippen LogP) is 2.91. The van der Waals surface area contributed by atoms with Crippen LogP contribution in [0.5, 0.6) is 0 Å². The van der Waals surface area contributed by atoms with Crippen LogP contribution in [-0.4, -0.2) is 18.2 Å². The number of anilines is 2. The minimum atomic E-state index is -3.75. The first-order valence-corrected chi connectivity index (χ1v) is 8.51. The molecule has 0 saturated carbocycles. The van der Waals surface area contributed by atoms with Crippen LogP contribution in [0.4, 0.5) is 11.5 Å². The number of benzene rings is 2. The van der Waals surface area contributed by atoms with Gasteiger partial charge < -0.3 is 5.73 Å². The number of nitrogens with two attached hydrogens (primary N) is 1. The zero-order valence-electron chi connectivity index (χ0n) is 11.8. The van der Waals surface area contributed by atoms with Crippen LogP contribution >= 0.6 is 11.6 Å². The Morgan fingerprint density at radius 2 is 1.74 bits per heavy atom. The first-order chi connectivity index (χ1) is 11.0. The first-order valence-electron chi connectivity index (χ1n) is 6.65. The second-order valence-corrected chi connectivity index (χ2v) is 6.84. The zero-order chi connectivity index (χ0) is 16.4. The van der Waals surface area contributed by atoms with Crippen molar-refractivity contribution < 1.29 is 8.42 Å². The molecule has 2 aromatic carbocycles. The molecule has 0 radical (unpaired) electrons. The fraction of sp³-hybridized carbons (Fsp3) is 0. The number of halogens is 1. The fourth-order valence-corrected chi connectivity index (χ4v) is 3.30.